The van der Waals surface area contributed by atoms with Crippen molar-refractivity contribution in [2.45, 2.75) is 12.8 Å². The van der Waals surface area contributed by atoms with Gasteiger partial charge in [-0.3, -0.25) is 4.79 Å². The molecule has 0 saturated carbocycles. The third-order valence-corrected chi connectivity index (χ3v) is 2.97. The van der Waals surface area contributed by atoms with Crippen molar-refractivity contribution >= 4 is 11.9 Å². The molecule has 0 fully saturated rings. The van der Waals surface area contributed by atoms with Gasteiger partial charge in [-0.1, -0.05) is 18.2 Å². The predicted molar refractivity (Wildman–Crippen MR) is 76.5 cm³/mol. The lowest BCUT2D eigenvalue weighted by atomic mass is 10.1. The van der Waals surface area contributed by atoms with Gasteiger partial charge in [-0.25, -0.2) is 9.97 Å². The number of alkyl halides is 3. The summed E-state index contributed by atoms with van der Waals surface area (Å²) in [5.41, 5.74) is -0.903. The molecule has 5 nitrogen and oxygen atoms in total. The fraction of sp³-hybridized carbons (Fsp3) is 0.267. The molecule has 0 aliphatic heterocycles. The van der Waals surface area contributed by atoms with Crippen molar-refractivity contribution in [1.29, 1.82) is 0 Å². The second-order valence-corrected chi connectivity index (χ2v) is 4.72. The summed E-state index contributed by atoms with van der Waals surface area (Å²) in [6.07, 6.45) is -1.45. The van der Waals surface area contributed by atoms with Crippen LogP contribution in [0.25, 0.3) is 0 Å². The lowest BCUT2D eigenvalue weighted by Crippen LogP contribution is -2.28. The zero-order valence-electron chi connectivity index (χ0n) is 12.2. The van der Waals surface area contributed by atoms with Crippen LogP contribution in [0.4, 0.5) is 19.1 Å². The maximum Gasteiger partial charge on any atom is 0.416 e. The minimum atomic E-state index is -4.49. The normalized spacial score (nSPS) is 11.1. The molecule has 2 aromatic rings. The second kappa shape index (κ2) is 7.08. The van der Waals surface area contributed by atoms with E-state index < -0.39 is 24.3 Å². The van der Waals surface area contributed by atoms with Crippen LogP contribution in [0.1, 0.15) is 11.1 Å². The molecule has 0 bridgehead atoms. The molecule has 0 N–H and O–H groups in total. The molecule has 1 aromatic carbocycles. The summed E-state index contributed by atoms with van der Waals surface area (Å²) in [6.45, 7) is -0.615. The van der Waals surface area contributed by atoms with Crippen molar-refractivity contribution < 1.29 is 22.7 Å². The molecule has 1 heterocycles. The Balaban J connectivity index is 1.95. The molecule has 8 heteroatoms. The number of carbonyl (C=O) groups is 1. The Hall–Kier alpha value is -2.64. The average molecular weight is 325 g/mol. The van der Waals surface area contributed by atoms with Gasteiger partial charge in [0.2, 0.25) is 5.95 Å². The highest BCUT2D eigenvalue weighted by Gasteiger charge is 2.33. The molecule has 0 spiro atoms. The molecule has 0 atom stereocenters. The van der Waals surface area contributed by atoms with E-state index in [9.17, 15) is 18.0 Å². The standard InChI is InChI=1S/C15H14F3N3O2/c1-21(14-19-7-4-8-20-14)9-13(22)23-10-11-5-2-3-6-12(11)15(16,17)18/h2-8H,9-10H2,1H3. The third-order valence-electron chi connectivity index (χ3n) is 2.97. The molecular weight excluding hydrogens is 311 g/mol. The number of benzene rings is 1. The van der Waals surface area contributed by atoms with Crippen molar-refractivity contribution in [2.75, 3.05) is 18.5 Å². The van der Waals surface area contributed by atoms with Crippen LogP contribution in [0.2, 0.25) is 0 Å². The SMILES string of the molecule is CN(CC(=O)OCc1ccccc1C(F)(F)F)c1ncccn1. The molecule has 0 unspecified atom stereocenters. The number of hydrogen-bond acceptors (Lipinski definition) is 5. The Morgan fingerprint density at radius 2 is 1.83 bits per heavy atom. The molecule has 0 amide bonds. The number of esters is 1. The number of hydrogen-bond donors (Lipinski definition) is 0. The lowest BCUT2D eigenvalue weighted by Gasteiger charge is -2.16. The Morgan fingerprint density at radius 1 is 1.17 bits per heavy atom. The van der Waals surface area contributed by atoms with E-state index in [-0.39, 0.29) is 12.1 Å². The van der Waals surface area contributed by atoms with E-state index in [1.165, 1.54) is 35.5 Å². The summed E-state index contributed by atoms with van der Waals surface area (Å²) in [5, 5.41) is 0. The number of anilines is 1. The van der Waals surface area contributed by atoms with Crippen LogP contribution in [0, 0.1) is 0 Å². The molecule has 23 heavy (non-hydrogen) atoms. The summed E-state index contributed by atoms with van der Waals surface area (Å²) < 4.78 is 43.4. The summed E-state index contributed by atoms with van der Waals surface area (Å²) >= 11 is 0. The Labute approximate surface area is 130 Å². The van der Waals surface area contributed by atoms with Gasteiger partial charge in [0, 0.05) is 25.0 Å². The van der Waals surface area contributed by atoms with Gasteiger partial charge in [0.15, 0.2) is 0 Å². The molecule has 0 saturated heterocycles. The fourth-order valence-electron chi connectivity index (χ4n) is 1.88. The van der Waals surface area contributed by atoms with Crippen LogP contribution in [0.15, 0.2) is 42.7 Å². The zero-order chi connectivity index (χ0) is 16.9. The van der Waals surface area contributed by atoms with Gasteiger partial charge in [-0.05, 0) is 12.1 Å². The van der Waals surface area contributed by atoms with Crippen LogP contribution in [0.3, 0.4) is 0 Å². The van der Waals surface area contributed by atoms with Crippen LogP contribution >= 0.6 is 0 Å². The number of halogens is 3. The molecule has 2 rings (SSSR count). The zero-order valence-corrected chi connectivity index (χ0v) is 12.2. The first kappa shape index (κ1) is 16.7. The Bertz CT molecular complexity index is 663. The van der Waals surface area contributed by atoms with Crippen LogP contribution in [-0.4, -0.2) is 29.5 Å². The van der Waals surface area contributed by atoms with Gasteiger partial charge in [0.1, 0.15) is 13.2 Å². The highest BCUT2D eigenvalue weighted by molar-refractivity contribution is 5.74. The first-order valence-corrected chi connectivity index (χ1v) is 6.67. The monoisotopic (exact) mass is 325 g/mol. The highest BCUT2D eigenvalue weighted by atomic mass is 19.4. The molecule has 122 valence electrons. The van der Waals surface area contributed by atoms with E-state index in [2.05, 4.69) is 9.97 Å². The van der Waals surface area contributed by atoms with Gasteiger partial charge in [-0.2, -0.15) is 13.2 Å². The van der Waals surface area contributed by atoms with Crippen molar-refractivity contribution in [1.82, 2.24) is 9.97 Å². The minimum absolute atomic E-state index is 0.0908. The molecule has 0 radical (unpaired) electrons. The van der Waals surface area contributed by atoms with Gasteiger partial charge in [-0.15, -0.1) is 0 Å². The quantitative estimate of drug-likeness (QED) is 0.791. The van der Waals surface area contributed by atoms with Gasteiger partial charge in [0.25, 0.3) is 0 Å². The third kappa shape index (κ3) is 4.67. The van der Waals surface area contributed by atoms with Crippen LogP contribution in [-0.2, 0) is 22.3 Å². The van der Waals surface area contributed by atoms with Gasteiger partial charge < -0.3 is 9.64 Å². The van der Waals surface area contributed by atoms with E-state index in [0.29, 0.717) is 5.95 Å². The van der Waals surface area contributed by atoms with Gasteiger partial charge in [0.05, 0.1) is 5.56 Å². The van der Waals surface area contributed by atoms with Crippen molar-refractivity contribution in [3.63, 3.8) is 0 Å². The largest absolute Gasteiger partial charge is 0.459 e. The number of aromatic nitrogens is 2. The number of rotatable bonds is 5. The number of nitrogens with zero attached hydrogens (tertiary/aromatic N) is 3. The van der Waals surface area contributed by atoms with E-state index >= 15 is 0 Å². The molecular formula is C15H14F3N3O2. The summed E-state index contributed by atoms with van der Waals surface area (Å²) in [6, 6.07) is 6.61. The number of ether oxygens (including phenoxy) is 1. The van der Waals surface area contributed by atoms with Crippen LogP contribution < -0.4 is 4.90 Å². The smallest absolute Gasteiger partial charge is 0.416 e. The van der Waals surface area contributed by atoms with E-state index in [0.717, 1.165) is 6.07 Å². The number of likely N-dealkylation sites (N-methyl/N-ethyl adjacent to an activating group) is 1. The summed E-state index contributed by atoms with van der Waals surface area (Å²) in [7, 11) is 1.58. The van der Waals surface area contributed by atoms with E-state index in [4.69, 9.17) is 4.74 Å². The molecule has 0 aliphatic rings. The van der Waals surface area contributed by atoms with E-state index in [1.54, 1.807) is 13.1 Å². The first-order chi connectivity index (χ1) is 10.9. The van der Waals surface area contributed by atoms with E-state index in [1.807, 2.05) is 0 Å². The lowest BCUT2D eigenvalue weighted by molar-refractivity contribution is -0.146. The van der Waals surface area contributed by atoms with Gasteiger partial charge >= 0.3 is 12.1 Å². The topological polar surface area (TPSA) is 55.3 Å². The minimum Gasteiger partial charge on any atom is -0.459 e. The number of carbonyl (C=O) groups excluding carboxylic acids is 1. The van der Waals surface area contributed by atoms with Crippen molar-refractivity contribution in [3.05, 3.63) is 53.9 Å². The summed E-state index contributed by atoms with van der Waals surface area (Å²) in [5.74, 6) is -0.350. The predicted octanol–water partition coefficient (Wildman–Crippen LogP) is 2.68. The van der Waals surface area contributed by atoms with Crippen molar-refractivity contribution in [2.24, 2.45) is 0 Å². The Morgan fingerprint density at radius 3 is 2.48 bits per heavy atom. The van der Waals surface area contributed by atoms with Crippen molar-refractivity contribution in [3.8, 4) is 0 Å². The first-order valence-electron chi connectivity index (χ1n) is 6.67. The highest BCUT2D eigenvalue weighted by Crippen LogP contribution is 2.32. The fourth-order valence-corrected chi connectivity index (χ4v) is 1.88. The molecule has 0 aliphatic carbocycles. The maximum absolute atomic E-state index is 12.8. The van der Waals surface area contributed by atoms with Crippen LogP contribution in [0.5, 0.6) is 0 Å². The average Bonchev–Trinajstić information content (AvgIpc) is 2.53. The molecule has 1 aromatic heterocycles. The Kier molecular flexibility index (Phi) is 5.15. The summed E-state index contributed by atoms with van der Waals surface area (Å²) in [4.78, 5) is 21.1. The second-order valence-electron chi connectivity index (χ2n) is 4.72. The maximum atomic E-state index is 12.8.